The zero-order chi connectivity index (χ0) is 15.6. The van der Waals surface area contributed by atoms with Crippen molar-refractivity contribution >= 4 is 17.7 Å². The third-order valence-electron chi connectivity index (χ3n) is 4.02. The number of aromatic carboxylic acids is 1. The second-order valence-electron chi connectivity index (χ2n) is 6.03. The van der Waals surface area contributed by atoms with Crippen LogP contribution < -0.4 is 10.6 Å². The maximum absolute atomic E-state index is 13.2. The summed E-state index contributed by atoms with van der Waals surface area (Å²) < 4.78 is 13.2. The Morgan fingerprint density at radius 3 is 2.67 bits per heavy atom. The summed E-state index contributed by atoms with van der Waals surface area (Å²) in [6.45, 7) is 4.16. The summed E-state index contributed by atoms with van der Waals surface area (Å²) in [5, 5.41) is 14.3. The van der Waals surface area contributed by atoms with Gasteiger partial charge >= 0.3 is 12.0 Å². The highest BCUT2D eigenvalue weighted by atomic mass is 19.1. The van der Waals surface area contributed by atoms with Gasteiger partial charge in [-0.15, -0.1) is 0 Å². The number of rotatable bonds is 3. The average Bonchev–Trinajstić information content (AvgIpc) is 2.68. The molecular formula is C15H19FN2O3. The maximum atomic E-state index is 13.2. The van der Waals surface area contributed by atoms with E-state index in [1.54, 1.807) is 0 Å². The van der Waals surface area contributed by atoms with Crippen molar-refractivity contribution in [1.29, 1.82) is 0 Å². The highest BCUT2D eigenvalue weighted by molar-refractivity contribution is 6.00. The van der Waals surface area contributed by atoms with Crippen molar-refractivity contribution in [3.8, 4) is 0 Å². The van der Waals surface area contributed by atoms with Crippen molar-refractivity contribution in [2.75, 3.05) is 5.32 Å². The van der Waals surface area contributed by atoms with E-state index in [-0.39, 0.29) is 22.7 Å². The number of hydrogen-bond acceptors (Lipinski definition) is 2. The molecule has 21 heavy (non-hydrogen) atoms. The molecule has 1 aromatic rings. The summed E-state index contributed by atoms with van der Waals surface area (Å²) in [6, 6.07) is 2.70. The summed E-state index contributed by atoms with van der Waals surface area (Å²) in [5.74, 6) is -1.82. The standard InChI is InChI=1S/C15H19FN2O3/c1-15(2)7-3-4-12(15)18-14(21)17-11-8-9(16)5-6-10(11)13(19)20/h5-6,8,12H,3-4,7H2,1-2H3,(H,19,20)(H2,17,18,21). The highest BCUT2D eigenvalue weighted by Gasteiger charge is 2.35. The molecule has 0 aliphatic heterocycles. The van der Waals surface area contributed by atoms with Gasteiger partial charge in [0.1, 0.15) is 5.82 Å². The minimum Gasteiger partial charge on any atom is -0.478 e. The molecule has 0 radical (unpaired) electrons. The number of halogens is 1. The fourth-order valence-electron chi connectivity index (χ4n) is 2.72. The summed E-state index contributed by atoms with van der Waals surface area (Å²) >= 11 is 0. The topological polar surface area (TPSA) is 78.4 Å². The fraction of sp³-hybridized carbons (Fsp3) is 0.467. The van der Waals surface area contributed by atoms with Crippen LogP contribution in [0.3, 0.4) is 0 Å². The molecule has 2 amide bonds. The van der Waals surface area contributed by atoms with Crippen LogP contribution in [0.15, 0.2) is 18.2 Å². The quantitative estimate of drug-likeness (QED) is 0.801. The van der Waals surface area contributed by atoms with Crippen LogP contribution >= 0.6 is 0 Å². The molecule has 0 saturated heterocycles. The number of hydrogen-bond donors (Lipinski definition) is 3. The van der Waals surface area contributed by atoms with Crippen LogP contribution in [0.1, 0.15) is 43.5 Å². The normalized spacial score (nSPS) is 20.0. The first-order valence-electron chi connectivity index (χ1n) is 6.90. The van der Waals surface area contributed by atoms with Crippen molar-refractivity contribution < 1.29 is 19.1 Å². The van der Waals surface area contributed by atoms with Gasteiger partial charge in [-0.3, -0.25) is 0 Å². The summed E-state index contributed by atoms with van der Waals surface area (Å²) in [7, 11) is 0. The van der Waals surface area contributed by atoms with Crippen LogP contribution in [0.25, 0.3) is 0 Å². The van der Waals surface area contributed by atoms with Gasteiger partial charge in [-0.2, -0.15) is 0 Å². The Bertz CT molecular complexity index is 572. The van der Waals surface area contributed by atoms with E-state index in [0.717, 1.165) is 37.5 Å². The van der Waals surface area contributed by atoms with Crippen molar-refractivity contribution in [2.45, 2.75) is 39.2 Å². The third-order valence-corrected chi connectivity index (χ3v) is 4.02. The first-order valence-corrected chi connectivity index (χ1v) is 6.90. The molecule has 1 atom stereocenters. The van der Waals surface area contributed by atoms with E-state index >= 15 is 0 Å². The SMILES string of the molecule is CC1(C)CCCC1NC(=O)Nc1cc(F)ccc1C(=O)O. The van der Waals surface area contributed by atoms with Crippen molar-refractivity contribution in [2.24, 2.45) is 5.41 Å². The van der Waals surface area contributed by atoms with Crippen LogP contribution in [0.5, 0.6) is 0 Å². The van der Waals surface area contributed by atoms with Gasteiger partial charge in [0.05, 0.1) is 11.3 Å². The molecule has 1 aromatic carbocycles. The van der Waals surface area contributed by atoms with Crippen molar-refractivity contribution in [3.05, 3.63) is 29.6 Å². The molecule has 1 saturated carbocycles. The number of urea groups is 1. The number of anilines is 1. The largest absolute Gasteiger partial charge is 0.478 e. The Morgan fingerprint density at radius 2 is 2.10 bits per heavy atom. The predicted molar refractivity (Wildman–Crippen MR) is 76.9 cm³/mol. The number of carbonyl (C=O) groups is 2. The third kappa shape index (κ3) is 3.51. The van der Waals surface area contributed by atoms with E-state index < -0.39 is 17.8 Å². The zero-order valence-corrected chi connectivity index (χ0v) is 12.1. The first-order chi connectivity index (χ1) is 9.79. The van der Waals surface area contributed by atoms with Gasteiger partial charge in [-0.1, -0.05) is 20.3 Å². The van der Waals surface area contributed by atoms with Gasteiger partial charge in [0.2, 0.25) is 0 Å². The number of amides is 2. The molecule has 1 aliphatic rings. The lowest BCUT2D eigenvalue weighted by Crippen LogP contribution is -2.43. The van der Waals surface area contributed by atoms with E-state index in [1.807, 2.05) is 0 Å². The summed E-state index contributed by atoms with van der Waals surface area (Å²) in [5.41, 5.74) is -0.178. The zero-order valence-electron chi connectivity index (χ0n) is 12.1. The molecule has 0 heterocycles. The number of nitrogens with one attached hydrogen (secondary N) is 2. The minimum absolute atomic E-state index is 0.00884. The van der Waals surface area contributed by atoms with Gasteiger partial charge in [-0.25, -0.2) is 14.0 Å². The van der Waals surface area contributed by atoms with Gasteiger partial charge in [-0.05, 0) is 36.5 Å². The van der Waals surface area contributed by atoms with Crippen LogP contribution in [0.4, 0.5) is 14.9 Å². The van der Waals surface area contributed by atoms with Crippen molar-refractivity contribution in [3.63, 3.8) is 0 Å². The van der Waals surface area contributed by atoms with Crippen LogP contribution in [0, 0.1) is 11.2 Å². The maximum Gasteiger partial charge on any atom is 0.337 e. The Balaban J connectivity index is 2.09. The van der Waals surface area contributed by atoms with Crippen LogP contribution in [0.2, 0.25) is 0 Å². The van der Waals surface area contributed by atoms with E-state index in [2.05, 4.69) is 24.5 Å². The Labute approximate surface area is 122 Å². The van der Waals surface area contributed by atoms with Gasteiger partial charge in [0.25, 0.3) is 0 Å². The van der Waals surface area contributed by atoms with E-state index in [4.69, 9.17) is 5.11 Å². The molecule has 6 heteroatoms. The smallest absolute Gasteiger partial charge is 0.337 e. The molecular weight excluding hydrogens is 275 g/mol. The average molecular weight is 294 g/mol. The molecule has 114 valence electrons. The highest BCUT2D eigenvalue weighted by Crippen LogP contribution is 2.37. The lowest BCUT2D eigenvalue weighted by Gasteiger charge is -2.27. The lowest BCUT2D eigenvalue weighted by atomic mass is 9.87. The predicted octanol–water partition coefficient (Wildman–Crippen LogP) is 3.22. The lowest BCUT2D eigenvalue weighted by molar-refractivity contribution is 0.0698. The Morgan fingerprint density at radius 1 is 1.38 bits per heavy atom. The molecule has 3 N–H and O–H groups in total. The molecule has 1 aliphatic carbocycles. The second kappa shape index (κ2) is 5.71. The molecule has 0 aromatic heterocycles. The Hall–Kier alpha value is -2.11. The first kappa shape index (κ1) is 15.3. The molecule has 1 fully saturated rings. The number of carbonyl (C=O) groups excluding carboxylic acids is 1. The van der Waals surface area contributed by atoms with E-state index in [0.29, 0.717) is 0 Å². The molecule has 1 unspecified atom stereocenters. The van der Waals surface area contributed by atoms with E-state index in [9.17, 15) is 14.0 Å². The van der Waals surface area contributed by atoms with Crippen LogP contribution in [-0.2, 0) is 0 Å². The molecule has 0 bridgehead atoms. The molecule has 0 spiro atoms. The number of carboxylic acid groups (broad SMARTS) is 1. The summed E-state index contributed by atoms with van der Waals surface area (Å²) in [6.07, 6.45) is 2.95. The minimum atomic E-state index is -1.22. The monoisotopic (exact) mass is 294 g/mol. The molecule has 2 rings (SSSR count). The number of carboxylic acids is 1. The Kier molecular flexibility index (Phi) is 4.16. The van der Waals surface area contributed by atoms with E-state index in [1.165, 1.54) is 0 Å². The van der Waals surface area contributed by atoms with Gasteiger partial charge < -0.3 is 15.7 Å². The van der Waals surface area contributed by atoms with Gasteiger partial charge in [0.15, 0.2) is 0 Å². The van der Waals surface area contributed by atoms with Crippen LogP contribution in [-0.4, -0.2) is 23.1 Å². The fourth-order valence-corrected chi connectivity index (χ4v) is 2.72. The second-order valence-corrected chi connectivity index (χ2v) is 6.03. The summed E-state index contributed by atoms with van der Waals surface area (Å²) in [4.78, 5) is 23.1. The molecule has 5 nitrogen and oxygen atoms in total. The number of benzene rings is 1. The van der Waals surface area contributed by atoms with Crippen molar-refractivity contribution in [1.82, 2.24) is 5.32 Å². The van der Waals surface area contributed by atoms with Gasteiger partial charge in [0, 0.05) is 6.04 Å².